The van der Waals surface area contributed by atoms with Gasteiger partial charge < -0.3 is 25.6 Å². The molecule has 0 spiro atoms. The van der Waals surface area contributed by atoms with E-state index in [0.29, 0.717) is 11.4 Å². The smallest absolute Gasteiger partial charge is 0.319 e. The quantitative estimate of drug-likeness (QED) is 0.620. The highest BCUT2D eigenvalue weighted by atomic mass is 16.5. The second-order valence-electron chi connectivity index (χ2n) is 7.38. The van der Waals surface area contributed by atoms with Crippen LogP contribution in [0, 0.1) is 0 Å². The second kappa shape index (κ2) is 11.3. The Morgan fingerprint density at radius 2 is 1.67 bits per heavy atom. The fourth-order valence-corrected chi connectivity index (χ4v) is 3.46. The van der Waals surface area contributed by atoms with Gasteiger partial charge in [-0.05, 0) is 61.2 Å². The summed E-state index contributed by atoms with van der Waals surface area (Å²) in [6, 6.07) is 11.1. The number of amides is 3. The van der Waals surface area contributed by atoms with Crippen LogP contribution in [0.25, 0.3) is 0 Å². The van der Waals surface area contributed by atoms with Crippen LogP contribution in [-0.2, 0) is 16.0 Å². The molecule has 0 aliphatic carbocycles. The van der Waals surface area contributed by atoms with E-state index in [9.17, 15) is 9.59 Å². The minimum Gasteiger partial charge on any atom is -0.375 e. The van der Waals surface area contributed by atoms with Gasteiger partial charge in [-0.3, -0.25) is 9.78 Å². The second-order valence-corrected chi connectivity index (χ2v) is 7.38. The van der Waals surface area contributed by atoms with Crippen molar-refractivity contribution in [3.63, 3.8) is 0 Å². The molecular formula is C22H29N5O3. The van der Waals surface area contributed by atoms with Crippen molar-refractivity contribution >= 4 is 23.3 Å². The number of ether oxygens (including phenoxy) is 1. The van der Waals surface area contributed by atoms with Crippen molar-refractivity contribution in [2.75, 3.05) is 44.0 Å². The van der Waals surface area contributed by atoms with Gasteiger partial charge in [0.2, 0.25) is 5.91 Å². The SMILES string of the molecule is COCC(=O)Nc1ccc(NC(=O)NC2CCN(CCc3ccncc3)CC2)cc1. The zero-order valence-corrected chi connectivity index (χ0v) is 17.3. The van der Waals surface area contributed by atoms with Gasteiger partial charge in [0.1, 0.15) is 6.61 Å². The maximum Gasteiger partial charge on any atom is 0.319 e. The Hall–Kier alpha value is -2.97. The molecule has 0 atom stereocenters. The van der Waals surface area contributed by atoms with Crippen LogP contribution in [0.1, 0.15) is 18.4 Å². The van der Waals surface area contributed by atoms with Crippen molar-refractivity contribution < 1.29 is 14.3 Å². The molecule has 3 N–H and O–H groups in total. The summed E-state index contributed by atoms with van der Waals surface area (Å²) in [5.41, 5.74) is 2.63. The summed E-state index contributed by atoms with van der Waals surface area (Å²) in [6.07, 6.45) is 6.55. The van der Waals surface area contributed by atoms with Gasteiger partial charge in [-0.25, -0.2) is 4.79 Å². The first-order valence-electron chi connectivity index (χ1n) is 10.2. The van der Waals surface area contributed by atoms with Crippen LogP contribution in [0.15, 0.2) is 48.8 Å². The highest BCUT2D eigenvalue weighted by molar-refractivity contribution is 5.93. The molecule has 2 aromatic rings. The summed E-state index contributed by atoms with van der Waals surface area (Å²) in [6.45, 7) is 2.99. The lowest BCUT2D eigenvalue weighted by Gasteiger charge is -2.32. The van der Waals surface area contributed by atoms with Gasteiger partial charge in [-0.15, -0.1) is 0 Å². The number of methoxy groups -OCH3 is 1. The van der Waals surface area contributed by atoms with Crippen LogP contribution in [0.3, 0.4) is 0 Å². The minimum absolute atomic E-state index is 0.00492. The molecule has 2 heterocycles. The number of hydrogen-bond acceptors (Lipinski definition) is 5. The predicted molar refractivity (Wildman–Crippen MR) is 117 cm³/mol. The van der Waals surface area contributed by atoms with Gasteiger partial charge in [-0.2, -0.15) is 0 Å². The van der Waals surface area contributed by atoms with E-state index in [1.165, 1.54) is 12.7 Å². The lowest BCUT2D eigenvalue weighted by atomic mass is 10.0. The molecule has 3 rings (SSSR count). The van der Waals surface area contributed by atoms with E-state index >= 15 is 0 Å². The number of carbonyl (C=O) groups excluding carboxylic acids is 2. The molecule has 30 heavy (non-hydrogen) atoms. The van der Waals surface area contributed by atoms with Crippen LogP contribution in [0.4, 0.5) is 16.2 Å². The van der Waals surface area contributed by atoms with Crippen LogP contribution in [0.2, 0.25) is 0 Å². The van der Waals surface area contributed by atoms with Crippen molar-refractivity contribution in [3.8, 4) is 0 Å². The van der Waals surface area contributed by atoms with E-state index in [2.05, 4.69) is 38.0 Å². The summed E-state index contributed by atoms with van der Waals surface area (Å²) >= 11 is 0. The molecule has 3 amide bonds. The highest BCUT2D eigenvalue weighted by Gasteiger charge is 2.20. The predicted octanol–water partition coefficient (Wildman–Crippen LogP) is 2.50. The van der Waals surface area contributed by atoms with E-state index in [-0.39, 0.29) is 24.6 Å². The number of carbonyl (C=O) groups is 2. The van der Waals surface area contributed by atoms with E-state index in [1.54, 1.807) is 24.3 Å². The number of hydrogen-bond donors (Lipinski definition) is 3. The standard InChI is InChI=1S/C22H29N5O3/c1-30-16-21(28)24-18-2-4-19(5-3-18)25-22(29)26-20-9-14-27(15-10-20)13-8-17-6-11-23-12-7-17/h2-7,11-12,20H,8-10,13-16H2,1H3,(H,24,28)(H2,25,26,29). The van der Waals surface area contributed by atoms with E-state index in [4.69, 9.17) is 4.74 Å². The van der Waals surface area contributed by atoms with Crippen LogP contribution in [0.5, 0.6) is 0 Å². The van der Waals surface area contributed by atoms with Gasteiger partial charge >= 0.3 is 6.03 Å². The Morgan fingerprint density at radius 3 is 2.30 bits per heavy atom. The number of nitrogens with zero attached hydrogens (tertiary/aromatic N) is 2. The number of nitrogens with one attached hydrogen (secondary N) is 3. The fourth-order valence-electron chi connectivity index (χ4n) is 3.46. The van der Waals surface area contributed by atoms with Gasteiger partial charge in [0, 0.05) is 56.6 Å². The monoisotopic (exact) mass is 411 g/mol. The molecule has 160 valence electrons. The molecule has 0 radical (unpaired) electrons. The summed E-state index contributed by atoms with van der Waals surface area (Å²) in [5, 5.41) is 8.61. The normalized spacial score (nSPS) is 14.8. The lowest BCUT2D eigenvalue weighted by Crippen LogP contribution is -2.46. The molecule has 0 saturated carbocycles. The molecule has 1 fully saturated rings. The number of pyridine rings is 1. The van der Waals surface area contributed by atoms with E-state index in [0.717, 1.165) is 38.9 Å². The zero-order valence-electron chi connectivity index (χ0n) is 17.3. The number of rotatable bonds is 8. The Balaban J connectivity index is 1.36. The van der Waals surface area contributed by atoms with Crippen molar-refractivity contribution in [3.05, 3.63) is 54.4 Å². The largest absolute Gasteiger partial charge is 0.375 e. The number of aromatic nitrogens is 1. The average Bonchev–Trinajstić information content (AvgIpc) is 2.75. The van der Waals surface area contributed by atoms with Gasteiger partial charge in [-0.1, -0.05) is 0 Å². The van der Waals surface area contributed by atoms with Crippen molar-refractivity contribution in [2.45, 2.75) is 25.3 Å². The maximum atomic E-state index is 12.3. The number of benzene rings is 1. The first-order chi connectivity index (χ1) is 14.6. The summed E-state index contributed by atoms with van der Waals surface area (Å²) in [4.78, 5) is 30.3. The molecule has 1 saturated heterocycles. The Labute approximate surface area is 177 Å². The van der Waals surface area contributed by atoms with Crippen molar-refractivity contribution in [1.82, 2.24) is 15.2 Å². The number of urea groups is 1. The Bertz CT molecular complexity index is 805. The summed E-state index contributed by atoms with van der Waals surface area (Å²) in [5.74, 6) is -0.219. The third kappa shape index (κ3) is 7.13. The lowest BCUT2D eigenvalue weighted by molar-refractivity contribution is -0.119. The molecule has 8 nitrogen and oxygen atoms in total. The van der Waals surface area contributed by atoms with Crippen molar-refractivity contribution in [2.24, 2.45) is 0 Å². The Kier molecular flexibility index (Phi) is 8.17. The molecule has 0 unspecified atom stereocenters. The fraction of sp³-hybridized carbons (Fsp3) is 0.409. The molecule has 1 aliphatic heterocycles. The number of likely N-dealkylation sites (tertiary alicyclic amines) is 1. The summed E-state index contributed by atoms with van der Waals surface area (Å²) < 4.78 is 4.78. The molecular weight excluding hydrogens is 382 g/mol. The van der Waals surface area contributed by atoms with Crippen LogP contribution < -0.4 is 16.0 Å². The number of piperidine rings is 1. The topological polar surface area (TPSA) is 95.6 Å². The molecule has 0 bridgehead atoms. The van der Waals surface area contributed by atoms with Gasteiger partial charge in [0.25, 0.3) is 0 Å². The maximum absolute atomic E-state index is 12.3. The first kappa shape index (κ1) is 21.7. The molecule has 1 aromatic carbocycles. The molecule has 1 aromatic heterocycles. The van der Waals surface area contributed by atoms with Gasteiger partial charge in [0.15, 0.2) is 0 Å². The first-order valence-corrected chi connectivity index (χ1v) is 10.2. The average molecular weight is 412 g/mol. The van der Waals surface area contributed by atoms with Crippen LogP contribution >= 0.6 is 0 Å². The molecule has 8 heteroatoms. The zero-order chi connectivity index (χ0) is 21.2. The van der Waals surface area contributed by atoms with Crippen LogP contribution in [-0.4, -0.2) is 61.2 Å². The third-order valence-electron chi connectivity index (χ3n) is 5.09. The Morgan fingerprint density at radius 1 is 1.03 bits per heavy atom. The highest BCUT2D eigenvalue weighted by Crippen LogP contribution is 2.15. The molecule has 1 aliphatic rings. The van der Waals surface area contributed by atoms with E-state index < -0.39 is 0 Å². The van der Waals surface area contributed by atoms with Crippen molar-refractivity contribution in [1.29, 1.82) is 0 Å². The third-order valence-corrected chi connectivity index (χ3v) is 5.09. The van der Waals surface area contributed by atoms with Gasteiger partial charge in [0.05, 0.1) is 0 Å². The summed E-state index contributed by atoms with van der Waals surface area (Å²) in [7, 11) is 1.47. The van der Waals surface area contributed by atoms with E-state index in [1.807, 2.05) is 12.4 Å². The minimum atomic E-state index is -0.219. The number of anilines is 2.